The highest BCUT2D eigenvalue weighted by Gasteiger charge is 2.17. The third-order valence-electron chi connectivity index (χ3n) is 1.50. The second-order valence-electron chi connectivity index (χ2n) is 2.65. The van der Waals surface area contributed by atoms with E-state index in [0.717, 1.165) is 0 Å². The molecule has 0 aliphatic carbocycles. The van der Waals surface area contributed by atoms with Crippen LogP contribution in [0.15, 0.2) is 16.5 Å². The maximum Gasteiger partial charge on any atom is 0.388 e. The van der Waals surface area contributed by atoms with Gasteiger partial charge in [-0.25, -0.2) is 9.59 Å². The highest BCUT2D eigenvalue weighted by atomic mass is 16.6. The number of carbonyl (C=O) groups is 2. The predicted molar refractivity (Wildman–Crippen MR) is 56.4 cm³/mol. The van der Waals surface area contributed by atoms with Crippen molar-refractivity contribution in [2.75, 3.05) is 0 Å². The zero-order chi connectivity index (χ0) is 12.7. The molecule has 0 bridgehead atoms. The summed E-state index contributed by atoms with van der Waals surface area (Å²) in [5.41, 5.74) is 0. The van der Waals surface area contributed by atoms with Gasteiger partial charge in [0.1, 0.15) is 12.2 Å². The first-order valence-corrected chi connectivity index (χ1v) is 4.54. The molecule has 1 heterocycles. The molecule has 0 spiro atoms. The molecule has 86 valence electrons. The fraction of sp³-hybridized carbons (Fsp3) is 0.167. The highest BCUT2D eigenvalue weighted by Crippen LogP contribution is 2.10. The molecule has 0 amide bonds. The average Bonchev–Trinajstić information content (AvgIpc) is 2.82. The summed E-state index contributed by atoms with van der Waals surface area (Å²) in [7, 11) is 0. The second-order valence-corrected chi connectivity index (χ2v) is 2.65. The zero-order valence-corrected chi connectivity index (χ0v) is 9.20. The van der Waals surface area contributed by atoms with Gasteiger partial charge >= 0.3 is 11.9 Å². The van der Waals surface area contributed by atoms with E-state index >= 15 is 0 Å². The Morgan fingerprint density at radius 1 is 1.00 bits per heavy atom. The first kappa shape index (κ1) is 12.4. The molecule has 1 aromatic heterocycles. The number of furan rings is 1. The van der Waals surface area contributed by atoms with E-state index in [2.05, 4.69) is 33.5 Å². The highest BCUT2D eigenvalue weighted by molar-refractivity contribution is 5.91. The van der Waals surface area contributed by atoms with Crippen molar-refractivity contribution in [3.63, 3.8) is 0 Å². The summed E-state index contributed by atoms with van der Waals surface area (Å²) in [4.78, 5) is 22.5. The SMILES string of the molecule is CC#COC(=O)c1ccc(C(=O)OC#CC)o1. The van der Waals surface area contributed by atoms with Gasteiger partial charge in [-0.05, 0) is 12.1 Å². The lowest BCUT2D eigenvalue weighted by Gasteiger charge is -1.92. The fourth-order valence-electron chi connectivity index (χ4n) is 0.853. The Kier molecular flexibility index (Phi) is 4.41. The van der Waals surface area contributed by atoms with Gasteiger partial charge in [0.2, 0.25) is 11.5 Å². The first-order valence-electron chi connectivity index (χ1n) is 4.54. The molecule has 0 aliphatic heterocycles. The standard InChI is InChI=1S/C12H8O5/c1-3-7-15-11(13)9-5-6-10(17-9)12(14)16-8-4-2/h5-6H,1-2H3. The van der Waals surface area contributed by atoms with E-state index in [-0.39, 0.29) is 11.5 Å². The Balaban J connectivity index is 2.75. The average molecular weight is 232 g/mol. The third-order valence-corrected chi connectivity index (χ3v) is 1.50. The van der Waals surface area contributed by atoms with Crippen LogP contribution in [0.1, 0.15) is 35.0 Å². The van der Waals surface area contributed by atoms with Crippen molar-refractivity contribution in [3.05, 3.63) is 23.7 Å². The van der Waals surface area contributed by atoms with Crippen molar-refractivity contribution in [2.24, 2.45) is 0 Å². The fourth-order valence-corrected chi connectivity index (χ4v) is 0.853. The number of hydrogen-bond acceptors (Lipinski definition) is 5. The molecule has 5 heteroatoms. The lowest BCUT2D eigenvalue weighted by molar-refractivity contribution is 0.0624. The molecule has 17 heavy (non-hydrogen) atoms. The summed E-state index contributed by atoms with van der Waals surface area (Å²) in [6.45, 7) is 3.03. The minimum absolute atomic E-state index is 0.135. The first-order chi connectivity index (χ1) is 8.19. The van der Waals surface area contributed by atoms with Crippen LogP contribution in [-0.4, -0.2) is 11.9 Å². The Morgan fingerprint density at radius 2 is 1.41 bits per heavy atom. The van der Waals surface area contributed by atoms with Crippen LogP contribution >= 0.6 is 0 Å². The molecule has 0 unspecified atom stereocenters. The molecule has 0 aromatic carbocycles. The van der Waals surface area contributed by atoms with E-state index in [1.165, 1.54) is 26.0 Å². The molecule has 0 saturated carbocycles. The monoisotopic (exact) mass is 232 g/mol. The molecule has 0 aliphatic rings. The van der Waals surface area contributed by atoms with Crippen LogP contribution in [0, 0.1) is 24.1 Å². The minimum atomic E-state index is -0.778. The Morgan fingerprint density at radius 3 is 1.76 bits per heavy atom. The van der Waals surface area contributed by atoms with Crippen LogP contribution in [-0.2, 0) is 9.47 Å². The topological polar surface area (TPSA) is 65.7 Å². The lowest BCUT2D eigenvalue weighted by Crippen LogP contribution is -2.01. The van der Waals surface area contributed by atoms with E-state index in [0.29, 0.717) is 0 Å². The van der Waals surface area contributed by atoms with E-state index in [9.17, 15) is 9.59 Å². The molecular weight excluding hydrogens is 224 g/mol. The molecule has 5 nitrogen and oxygen atoms in total. The summed E-state index contributed by atoms with van der Waals surface area (Å²) in [5, 5.41) is 0. The Labute approximate surface area is 97.7 Å². The summed E-state index contributed by atoms with van der Waals surface area (Å²) in [6.07, 6.45) is 4.24. The van der Waals surface area contributed by atoms with Gasteiger partial charge in [0.05, 0.1) is 0 Å². The predicted octanol–water partition coefficient (Wildman–Crippen LogP) is 1.55. The van der Waals surface area contributed by atoms with Crippen LogP contribution in [0.4, 0.5) is 0 Å². The largest absolute Gasteiger partial charge is 0.442 e. The quantitative estimate of drug-likeness (QED) is 0.571. The molecule has 0 N–H and O–H groups in total. The summed E-state index contributed by atoms with van der Waals surface area (Å²) >= 11 is 0. The van der Waals surface area contributed by atoms with Crippen LogP contribution in [0.5, 0.6) is 0 Å². The van der Waals surface area contributed by atoms with Gasteiger partial charge in [-0.2, -0.15) is 0 Å². The summed E-state index contributed by atoms with van der Waals surface area (Å²) in [6, 6.07) is 2.57. The lowest BCUT2D eigenvalue weighted by atomic mass is 10.4. The van der Waals surface area contributed by atoms with Crippen molar-refractivity contribution in [3.8, 4) is 24.1 Å². The van der Waals surface area contributed by atoms with Gasteiger partial charge in [0.15, 0.2) is 0 Å². The molecule has 0 saturated heterocycles. The molecule has 1 rings (SSSR count). The van der Waals surface area contributed by atoms with Crippen LogP contribution in [0.3, 0.4) is 0 Å². The third kappa shape index (κ3) is 3.44. The maximum absolute atomic E-state index is 11.3. The molecule has 0 radical (unpaired) electrons. The minimum Gasteiger partial charge on any atom is -0.442 e. The van der Waals surface area contributed by atoms with Crippen molar-refractivity contribution >= 4 is 11.9 Å². The van der Waals surface area contributed by atoms with Crippen LogP contribution in [0.25, 0.3) is 0 Å². The molecule has 0 atom stereocenters. The van der Waals surface area contributed by atoms with Crippen LogP contribution < -0.4 is 0 Å². The van der Waals surface area contributed by atoms with Gasteiger partial charge in [-0.1, -0.05) is 11.8 Å². The van der Waals surface area contributed by atoms with Crippen LogP contribution in [0.2, 0.25) is 0 Å². The van der Waals surface area contributed by atoms with Gasteiger partial charge < -0.3 is 13.9 Å². The summed E-state index contributed by atoms with van der Waals surface area (Å²) < 4.78 is 13.9. The van der Waals surface area contributed by atoms with Gasteiger partial charge in [-0.3, -0.25) is 0 Å². The van der Waals surface area contributed by atoms with E-state index in [4.69, 9.17) is 4.42 Å². The van der Waals surface area contributed by atoms with E-state index in [1.54, 1.807) is 0 Å². The molecule has 0 fully saturated rings. The van der Waals surface area contributed by atoms with Crippen molar-refractivity contribution in [1.29, 1.82) is 0 Å². The molecular formula is C12H8O5. The Hall–Kier alpha value is -2.66. The normalized spacial score (nSPS) is 8.12. The molecule has 1 aromatic rings. The number of hydrogen-bond donors (Lipinski definition) is 0. The van der Waals surface area contributed by atoms with Crippen molar-refractivity contribution < 1.29 is 23.5 Å². The Bertz CT molecular complexity index is 496. The maximum atomic E-state index is 11.3. The van der Waals surface area contributed by atoms with E-state index < -0.39 is 11.9 Å². The van der Waals surface area contributed by atoms with Gasteiger partial charge in [0.25, 0.3) is 0 Å². The van der Waals surface area contributed by atoms with Gasteiger partial charge in [0, 0.05) is 13.8 Å². The number of rotatable bonds is 2. The zero-order valence-electron chi connectivity index (χ0n) is 9.20. The number of carbonyl (C=O) groups excluding carboxylic acids is 2. The number of ether oxygens (including phenoxy) is 2. The second kappa shape index (κ2) is 6.04. The smallest absolute Gasteiger partial charge is 0.388 e. The van der Waals surface area contributed by atoms with Crippen molar-refractivity contribution in [2.45, 2.75) is 13.8 Å². The summed E-state index contributed by atoms with van der Waals surface area (Å²) in [5.74, 6) is 2.94. The van der Waals surface area contributed by atoms with Crippen molar-refractivity contribution in [1.82, 2.24) is 0 Å². The van der Waals surface area contributed by atoms with E-state index in [1.807, 2.05) is 0 Å². The number of esters is 2. The van der Waals surface area contributed by atoms with Gasteiger partial charge in [-0.15, -0.1) is 0 Å².